The fraction of sp³-hybridized carbons (Fsp3) is 0.333. The van der Waals surface area contributed by atoms with Crippen molar-refractivity contribution in [2.24, 2.45) is 5.84 Å². The monoisotopic (exact) mass is 312 g/mol. The topological polar surface area (TPSA) is 38.0 Å². The molecule has 0 saturated heterocycles. The molecule has 0 aliphatic carbocycles. The lowest BCUT2D eigenvalue weighted by Gasteiger charge is -2.14. The van der Waals surface area contributed by atoms with Gasteiger partial charge in [-0.1, -0.05) is 12.1 Å². The first-order valence-electron chi connectivity index (χ1n) is 4.12. The Kier molecular flexibility index (Phi) is 4.70. The number of nitrogens with two attached hydrogens (primary N) is 1. The summed E-state index contributed by atoms with van der Waals surface area (Å²) in [7, 11) is 0. The standard InChI is InChI=1S/C9H11F2IN2/c10-9(11)8(14-13)5-6-1-3-7(12)4-2-6/h1-4,8-9,14H,5,13H2. The third-order valence-corrected chi connectivity index (χ3v) is 2.61. The van der Waals surface area contributed by atoms with E-state index in [0.29, 0.717) is 0 Å². The zero-order valence-electron chi connectivity index (χ0n) is 7.38. The fourth-order valence-electron chi connectivity index (χ4n) is 1.10. The highest BCUT2D eigenvalue weighted by atomic mass is 127. The molecule has 2 nitrogen and oxygen atoms in total. The molecule has 0 amide bonds. The molecule has 0 radical (unpaired) electrons. The van der Waals surface area contributed by atoms with E-state index in [-0.39, 0.29) is 6.42 Å². The summed E-state index contributed by atoms with van der Waals surface area (Å²) in [5.74, 6) is 5.02. The summed E-state index contributed by atoms with van der Waals surface area (Å²) in [6.45, 7) is 0. The molecule has 1 rings (SSSR count). The van der Waals surface area contributed by atoms with Gasteiger partial charge < -0.3 is 0 Å². The molecule has 0 fully saturated rings. The van der Waals surface area contributed by atoms with Gasteiger partial charge in [-0.3, -0.25) is 11.3 Å². The van der Waals surface area contributed by atoms with Crippen molar-refractivity contribution in [1.29, 1.82) is 0 Å². The minimum atomic E-state index is -2.45. The SMILES string of the molecule is NNC(Cc1ccc(I)cc1)C(F)F. The van der Waals surface area contributed by atoms with Crippen LogP contribution in [0.2, 0.25) is 0 Å². The van der Waals surface area contributed by atoms with Crippen molar-refractivity contribution in [2.75, 3.05) is 0 Å². The second-order valence-electron chi connectivity index (χ2n) is 2.94. The maximum atomic E-state index is 12.3. The molecule has 0 saturated carbocycles. The molecule has 0 aliphatic heterocycles. The summed E-state index contributed by atoms with van der Waals surface area (Å²) < 4.78 is 25.7. The van der Waals surface area contributed by atoms with Gasteiger partial charge in [-0.2, -0.15) is 0 Å². The maximum Gasteiger partial charge on any atom is 0.255 e. The highest BCUT2D eigenvalue weighted by Crippen LogP contribution is 2.11. The third kappa shape index (κ3) is 3.47. The Morgan fingerprint density at radius 1 is 1.29 bits per heavy atom. The Bertz CT molecular complexity index is 277. The molecule has 14 heavy (non-hydrogen) atoms. The van der Waals surface area contributed by atoms with E-state index >= 15 is 0 Å². The van der Waals surface area contributed by atoms with E-state index in [1.165, 1.54) is 0 Å². The van der Waals surface area contributed by atoms with E-state index in [2.05, 4.69) is 28.0 Å². The normalized spacial score (nSPS) is 13.2. The van der Waals surface area contributed by atoms with Crippen LogP contribution in [0.4, 0.5) is 8.78 Å². The molecule has 0 spiro atoms. The largest absolute Gasteiger partial charge is 0.271 e. The number of alkyl halides is 2. The lowest BCUT2D eigenvalue weighted by Crippen LogP contribution is -2.42. The molecule has 1 aromatic carbocycles. The first-order chi connectivity index (χ1) is 6.63. The minimum absolute atomic E-state index is 0.241. The van der Waals surface area contributed by atoms with Crippen molar-refractivity contribution in [1.82, 2.24) is 5.43 Å². The molecule has 1 atom stereocenters. The molecular formula is C9H11F2IN2. The van der Waals surface area contributed by atoms with Crippen LogP contribution in [0.3, 0.4) is 0 Å². The Morgan fingerprint density at radius 2 is 1.86 bits per heavy atom. The van der Waals surface area contributed by atoms with E-state index in [0.717, 1.165) is 9.13 Å². The van der Waals surface area contributed by atoms with Gasteiger partial charge in [-0.15, -0.1) is 0 Å². The summed E-state index contributed by atoms with van der Waals surface area (Å²) in [6, 6.07) is 6.45. The lowest BCUT2D eigenvalue weighted by molar-refractivity contribution is 0.0984. The second kappa shape index (κ2) is 5.57. The van der Waals surface area contributed by atoms with Crippen molar-refractivity contribution < 1.29 is 8.78 Å². The molecule has 1 aromatic rings. The Morgan fingerprint density at radius 3 is 2.29 bits per heavy atom. The summed E-state index contributed by atoms with van der Waals surface area (Å²) in [4.78, 5) is 0. The van der Waals surface area contributed by atoms with Gasteiger partial charge in [0.15, 0.2) is 0 Å². The molecular weight excluding hydrogens is 301 g/mol. The van der Waals surface area contributed by atoms with Gasteiger partial charge in [0, 0.05) is 3.57 Å². The van der Waals surface area contributed by atoms with Crippen LogP contribution in [0.15, 0.2) is 24.3 Å². The summed E-state index contributed by atoms with van der Waals surface area (Å²) in [5, 5.41) is 0. The average Bonchev–Trinajstić information content (AvgIpc) is 2.16. The van der Waals surface area contributed by atoms with Crippen molar-refractivity contribution in [2.45, 2.75) is 18.9 Å². The van der Waals surface area contributed by atoms with E-state index in [9.17, 15) is 8.78 Å². The molecule has 0 aliphatic rings. The van der Waals surface area contributed by atoms with Crippen molar-refractivity contribution in [3.05, 3.63) is 33.4 Å². The van der Waals surface area contributed by atoms with Crippen LogP contribution >= 0.6 is 22.6 Å². The molecule has 0 heterocycles. The number of rotatable bonds is 4. The van der Waals surface area contributed by atoms with Crippen molar-refractivity contribution >= 4 is 22.6 Å². The highest BCUT2D eigenvalue weighted by molar-refractivity contribution is 14.1. The van der Waals surface area contributed by atoms with Crippen LogP contribution in [0, 0.1) is 3.57 Å². The fourth-order valence-corrected chi connectivity index (χ4v) is 1.45. The van der Waals surface area contributed by atoms with Crippen molar-refractivity contribution in [3.8, 4) is 0 Å². The number of hydrogen-bond acceptors (Lipinski definition) is 2. The predicted molar refractivity (Wildman–Crippen MR) is 60.0 cm³/mol. The number of nitrogens with one attached hydrogen (secondary N) is 1. The van der Waals surface area contributed by atoms with Gasteiger partial charge >= 0.3 is 0 Å². The van der Waals surface area contributed by atoms with Crippen molar-refractivity contribution in [3.63, 3.8) is 0 Å². The van der Waals surface area contributed by atoms with E-state index in [4.69, 9.17) is 5.84 Å². The molecule has 1 unspecified atom stereocenters. The smallest absolute Gasteiger partial charge is 0.255 e. The minimum Gasteiger partial charge on any atom is -0.271 e. The van der Waals surface area contributed by atoms with Crippen LogP contribution in [0.25, 0.3) is 0 Å². The number of benzene rings is 1. The summed E-state index contributed by atoms with van der Waals surface area (Å²) >= 11 is 2.16. The van der Waals surface area contributed by atoms with Gasteiger partial charge in [0.2, 0.25) is 0 Å². The molecule has 0 aromatic heterocycles. The van der Waals surface area contributed by atoms with E-state index < -0.39 is 12.5 Å². The second-order valence-corrected chi connectivity index (χ2v) is 4.18. The predicted octanol–water partition coefficient (Wildman–Crippen LogP) is 1.93. The Labute approximate surface area is 95.0 Å². The van der Waals surface area contributed by atoms with Crippen LogP contribution in [0.1, 0.15) is 5.56 Å². The molecule has 3 N–H and O–H groups in total. The Balaban J connectivity index is 2.63. The van der Waals surface area contributed by atoms with Crippen LogP contribution in [-0.4, -0.2) is 12.5 Å². The quantitative estimate of drug-likeness (QED) is 0.506. The summed E-state index contributed by atoms with van der Waals surface area (Å²) in [6.07, 6.45) is -2.20. The first-order valence-corrected chi connectivity index (χ1v) is 5.20. The zero-order chi connectivity index (χ0) is 10.6. The Hall–Kier alpha value is -0.270. The van der Waals surface area contributed by atoms with Gasteiger partial charge in [0.1, 0.15) is 0 Å². The molecule has 0 bridgehead atoms. The highest BCUT2D eigenvalue weighted by Gasteiger charge is 2.18. The molecule has 78 valence electrons. The van der Waals surface area contributed by atoms with Gasteiger partial charge in [0.25, 0.3) is 6.43 Å². The van der Waals surface area contributed by atoms with E-state index in [1.54, 1.807) is 0 Å². The van der Waals surface area contributed by atoms with Gasteiger partial charge in [0.05, 0.1) is 6.04 Å². The van der Waals surface area contributed by atoms with Crippen LogP contribution in [0.5, 0.6) is 0 Å². The van der Waals surface area contributed by atoms with E-state index in [1.807, 2.05) is 24.3 Å². The third-order valence-electron chi connectivity index (χ3n) is 1.89. The molecule has 5 heteroatoms. The number of hydrogen-bond donors (Lipinski definition) is 2. The van der Waals surface area contributed by atoms with Crippen LogP contribution in [-0.2, 0) is 6.42 Å². The average molecular weight is 312 g/mol. The zero-order valence-corrected chi connectivity index (χ0v) is 9.54. The first kappa shape index (κ1) is 11.8. The van der Waals surface area contributed by atoms with Gasteiger partial charge in [-0.25, -0.2) is 8.78 Å². The van der Waals surface area contributed by atoms with Gasteiger partial charge in [-0.05, 0) is 46.7 Å². The number of halogens is 3. The lowest BCUT2D eigenvalue weighted by atomic mass is 10.1. The van der Waals surface area contributed by atoms with Crippen LogP contribution < -0.4 is 11.3 Å². The maximum absolute atomic E-state index is 12.3. The number of hydrazine groups is 1. The summed E-state index contributed by atoms with van der Waals surface area (Å²) in [5.41, 5.74) is 2.97.